The first-order valence-electron chi connectivity index (χ1n) is 11.5. The molecule has 35 heavy (non-hydrogen) atoms. The zero-order valence-corrected chi connectivity index (χ0v) is 23.1. The van der Waals surface area contributed by atoms with Crippen LogP contribution in [0, 0.1) is 5.92 Å². The average molecular weight is 580 g/mol. The molecule has 0 aromatic heterocycles. The van der Waals surface area contributed by atoms with E-state index in [4.69, 9.17) is 27.9 Å². The molecule has 3 rings (SSSR count). The van der Waals surface area contributed by atoms with Crippen LogP contribution in [0.2, 0.25) is 10.0 Å². The molecule has 3 aromatic carbocycles. The van der Waals surface area contributed by atoms with Gasteiger partial charge in [0.05, 0.1) is 14.5 Å². The molecule has 0 aliphatic heterocycles. The lowest BCUT2D eigenvalue weighted by Gasteiger charge is -2.31. The SMILES string of the molecule is CC[C@@H](C(=O)NCC(C)C)N(Cc1ccc(Cl)c(Cl)c1)C(=O)COc1ccc2ccccc2c1Br. The molecule has 186 valence electrons. The van der Waals surface area contributed by atoms with Crippen molar-refractivity contribution in [1.82, 2.24) is 10.2 Å². The summed E-state index contributed by atoms with van der Waals surface area (Å²) in [7, 11) is 0. The Balaban J connectivity index is 1.83. The molecule has 3 aromatic rings. The van der Waals surface area contributed by atoms with Crippen LogP contribution in [-0.4, -0.2) is 35.9 Å². The number of amides is 2. The second kappa shape index (κ2) is 12.6. The first kappa shape index (κ1) is 27.3. The number of benzene rings is 3. The fourth-order valence-corrected chi connectivity index (χ4v) is 4.65. The number of hydrogen-bond donors (Lipinski definition) is 1. The number of hydrogen-bond acceptors (Lipinski definition) is 3. The minimum Gasteiger partial charge on any atom is -0.483 e. The standard InChI is InChI=1S/C27H29BrCl2N2O3/c1-4-23(27(34)31-14-17(2)3)32(15-18-9-11-21(29)22(30)13-18)25(33)16-35-24-12-10-19-7-5-6-8-20(19)26(24)28/h5-13,17,23H,4,14-16H2,1-3H3,(H,31,34)/t23-/m0/s1. The van der Waals surface area contributed by atoms with Gasteiger partial charge in [-0.25, -0.2) is 0 Å². The molecule has 0 fully saturated rings. The van der Waals surface area contributed by atoms with Gasteiger partial charge in [-0.15, -0.1) is 0 Å². The van der Waals surface area contributed by atoms with E-state index in [1.54, 1.807) is 23.1 Å². The second-order valence-corrected chi connectivity index (χ2v) is 10.3. The Morgan fingerprint density at radius 3 is 2.49 bits per heavy atom. The van der Waals surface area contributed by atoms with E-state index < -0.39 is 6.04 Å². The van der Waals surface area contributed by atoms with E-state index in [9.17, 15) is 9.59 Å². The fourth-order valence-electron chi connectivity index (χ4n) is 3.72. The van der Waals surface area contributed by atoms with Crippen molar-refractivity contribution >= 4 is 61.7 Å². The quantitative estimate of drug-likeness (QED) is 0.285. The number of ether oxygens (including phenoxy) is 1. The maximum atomic E-state index is 13.4. The molecule has 0 heterocycles. The van der Waals surface area contributed by atoms with Crippen LogP contribution < -0.4 is 10.1 Å². The van der Waals surface area contributed by atoms with Crippen LogP contribution in [0.1, 0.15) is 32.8 Å². The topological polar surface area (TPSA) is 58.6 Å². The molecule has 0 bridgehead atoms. The average Bonchev–Trinajstić information content (AvgIpc) is 2.84. The van der Waals surface area contributed by atoms with Gasteiger partial charge in [-0.1, -0.05) is 80.4 Å². The number of carbonyl (C=O) groups excluding carboxylic acids is 2. The molecular weight excluding hydrogens is 551 g/mol. The Morgan fingerprint density at radius 2 is 1.80 bits per heavy atom. The van der Waals surface area contributed by atoms with Gasteiger partial charge in [0.15, 0.2) is 6.61 Å². The van der Waals surface area contributed by atoms with E-state index in [0.717, 1.165) is 20.8 Å². The summed E-state index contributed by atoms with van der Waals surface area (Å²) in [5, 5.41) is 5.83. The van der Waals surface area contributed by atoms with Gasteiger partial charge in [0.1, 0.15) is 11.8 Å². The second-order valence-electron chi connectivity index (χ2n) is 8.72. The predicted molar refractivity (Wildman–Crippen MR) is 146 cm³/mol. The van der Waals surface area contributed by atoms with E-state index in [1.165, 1.54) is 0 Å². The first-order chi connectivity index (χ1) is 16.7. The molecule has 0 spiro atoms. The van der Waals surface area contributed by atoms with Crippen LogP contribution in [0.4, 0.5) is 0 Å². The van der Waals surface area contributed by atoms with Crippen molar-refractivity contribution in [3.8, 4) is 5.75 Å². The third-order valence-electron chi connectivity index (χ3n) is 5.59. The highest BCUT2D eigenvalue weighted by Gasteiger charge is 2.29. The summed E-state index contributed by atoms with van der Waals surface area (Å²) < 4.78 is 6.70. The zero-order chi connectivity index (χ0) is 25.5. The fraction of sp³-hybridized carbons (Fsp3) is 0.333. The summed E-state index contributed by atoms with van der Waals surface area (Å²) in [6.45, 7) is 6.45. The summed E-state index contributed by atoms with van der Waals surface area (Å²) in [5.41, 5.74) is 0.773. The molecule has 2 amide bonds. The highest BCUT2D eigenvalue weighted by molar-refractivity contribution is 9.10. The Labute approximate surface area is 224 Å². The van der Waals surface area contributed by atoms with Crippen LogP contribution in [0.5, 0.6) is 5.75 Å². The molecule has 0 saturated carbocycles. The van der Waals surface area contributed by atoms with Crippen molar-refractivity contribution in [3.63, 3.8) is 0 Å². The molecular formula is C27H29BrCl2N2O3. The highest BCUT2D eigenvalue weighted by Crippen LogP contribution is 2.33. The molecule has 8 heteroatoms. The number of nitrogens with zero attached hydrogens (tertiary/aromatic N) is 1. The van der Waals surface area contributed by atoms with Crippen LogP contribution in [0.15, 0.2) is 59.1 Å². The summed E-state index contributed by atoms with van der Waals surface area (Å²) >= 11 is 15.9. The molecule has 0 aliphatic rings. The number of halogens is 3. The largest absolute Gasteiger partial charge is 0.483 e. The Hall–Kier alpha value is -2.28. The van der Waals surface area contributed by atoms with Crippen LogP contribution in [-0.2, 0) is 16.1 Å². The van der Waals surface area contributed by atoms with E-state index in [0.29, 0.717) is 34.7 Å². The number of fused-ring (bicyclic) bond motifs is 1. The van der Waals surface area contributed by atoms with E-state index in [2.05, 4.69) is 21.2 Å². The lowest BCUT2D eigenvalue weighted by Crippen LogP contribution is -2.50. The van der Waals surface area contributed by atoms with Gasteiger partial charge >= 0.3 is 0 Å². The monoisotopic (exact) mass is 578 g/mol. The van der Waals surface area contributed by atoms with Crippen molar-refractivity contribution in [1.29, 1.82) is 0 Å². The maximum absolute atomic E-state index is 13.4. The molecule has 0 unspecified atom stereocenters. The zero-order valence-electron chi connectivity index (χ0n) is 20.0. The Bertz CT molecular complexity index is 1200. The minimum atomic E-state index is -0.653. The normalized spacial score (nSPS) is 12.0. The molecule has 0 saturated heterocycles. The lowest BCUT2D eigenvalue weighted by molar-refractivity contribution is -0.143. The van der Waals surface area contributed by atoms with Crippen molar-refractivity contribution < 1.29 is 14.3 Å². The van der Waals surface area contributed by atoms with E-state index in [-0.39, 0.29) is 25.0 Å². The molecule has 1 N–H and O–H groups in total. The molecule has 5 nitrogen and oxygen atoms in total. The van der Waals surface area contributed by atoms with Gasteiger partial charge in [-0.3, -0.25) is 9.59 Å². The van der Waals surface area contributed by atoms with Gasteiger partial charge in [0.25, 0.3) is 5.91 Å². The summed E-state index contributed by atoms with van der Waals surface area (Å²) in [5.74, 6) is 0.359. The summed E-state index contributed by atoms with van der Waals surface area (Å²) in [6.07, 6.45) is 0.455. The van der Waals surface area contributed by atoms with Crippen LogP contribution in [0.3, 0.4) is 0 Å². The summed E-state index contributed by atoms with van der Waals surface area (Å²) in [6, 6.07) is 16.2. The van der Waals surface area contributed by atoms with E-state index in [1.807, 2.05) is 57.2 Å². The van der Waals surface area contributed by atoms with Gasteiger partial charge < -0.3 is 15.0 Å². The third kappa shape index (κ3) is 7.12. The van der Waals surface area contributed by atoms with Crippen molar-refractivity contribution in [2.75, 3.05) is 13.2 Å². The van der Waals surface area contributed by atoms with Gasteiger partial charge in [0.2, 0.25) is 5.91 Å². The maximum Gasteiger partial charge on any atom is 0.261 e. The van der Waals surface area contributed by atoms with E-state index >= 15 is 0 Å². The van der Waals surface area contributed by atoms with Crippen LogP contribution >= 0.6 is 39.1 Å². The van der Waals surface area contributed by atoms with Gasteiger partial charge in [-0.2, -0.15) is 0 Å². The molecule has 0 radical (unpaired) electrons. The Kier molecular flexibility index (Phi) is 9.84. The molecule has 1 atom stereocenters. The number of rotatable bonds is 10. The van der Waals surface area contributed by atoms with Gasteiger partial charge in [-0.05, 0) is 62.8 Å². The van der Waals surface area contributed by atoms with Crippen molar-refractivity contribution in [2.45, 2.75) is 39.8 Å². The first-order valence-corrected chi connectivity index (χ1v) is 13.1. The predicted octanol–water partition coefficient (Wildman–Crippen LogP) is 6.87. The number of nitrogens with one attached hydrogen (secondary N) is 1. The lowest BCUT2D eigenvalue weighted by atomic mass is 10.1. The van der Waals surface area contributed by atoms with Crippen LogP contribution in [0.25, 0.3) is 10.8 Å². The smallest absolute Gasteiger partial charge is 0.261 e. The third-order valence-corrected chi connectivity index (χ3v) is 7.14. The number of carbonyl (C=O) groups is 2. The van der Waals surface area contributed by atoms with Crippen molar-refractivity contribution in [3.05, 3.63) is 74.7 Å². The highest BCUT2D eigenvalue weighted by atomic mass is 79.9. The molecule has 0 aliphatic carbocycles. The Morgan fingerprint density at radius 1 is 1.06 bits per heavy atom. The van der Waals surface area contributed by atoms with Gasteiger partial charge in [0, 0.05) is 13.1 Å². The van der Waals surface area contributed by atoms with Crippen molar-refractivity contribution in [2.24, 2.45) is 5.92 Å². The minimum absolute atomic E-state index is 0.193. The summed E-state index contributed by atoms with van der Waals surface area (Å²) in [4.78, 5) is 28.0.